The highest BCUT2D eigenvalue weighted by Gasteiger charge is 2.19. The molecule has 0 bridgehead atoms. The molecule has 6 nitrogen and oxygen atoms in total. The molecule has 0 fully saturated rings. The molecule has 0 heterocycles. The van der Waals surface area contributed by atoms with Crippen molar-refractivity contribution < 1.29 is 28.6 Å². The fraction of sp³-hybridized carbons (Fsp3) is 0.865. The standard InChI is InChI=1S/C52H96O6/c1-4-7-10-13-16-19-22-25-26-28-30-33-36-39-42-45-51(54)57-48-49(47-56-50(53)44-41-38-35-32-29-24-21-18-15-12-9-6-3)58-52(55)46-43-40-37-34-31-27-23-20-17-14-11-8-5-2/h9,12,18,21,49H,4-8,10-11,13-17,19-20,22-48H2,1-3H3/b12-9-,21-18-. The highest BCUT2D eigenvalue weighted by atomic mass is 16.6. The summed E-state index contributed by atoms with van der Waals surface area (Å²) in [6, 6.07) is 0. The van der Waals surface area contributed by atoms with Gasteiger partial charge < -0.3 is 14.2 Å². The molecule has 0 radical (unpaired) electrons. The molecular weight excluding hydrogens is 721 g/mol. The summed E-state index contributed by atoms with van der Waals surface area (Å²) in [5.41, 5.74) is 0. The van der Waals surface area contributed by atoms with Crippen molar-refractivity contribution in [2.24, 2.45) is 0 Å². The van der Waals surface area contributed by atoms with Gasteiger partial charge in [-0.2, -0.15) is 0 Å². The zero-order chi connectivity index (χ0) is 42.3. The van der Waals surface area contributed by atoms with Gasteiger partial charge in [0.2, 0.25) is 0 Å². The zero-order valence-corrected chi connectivity index (χ0v) is 38.8. The third-order valence-corrected chi connectivity index (χ3v) is 11.2. The Kier molecular flexibility index (Phi) is 45.8. The molecule has 6 heteroatoms. The predicted octanol–water partition coefficient (Wildman–Crippen LogP) is 16.4. The summed E-state index contributed by atoms with van der Waals surface area (Å²) in [6.07, 6.45) is 53.0. The van der Waals surface area contributed by atoms with Crippen molar-refractivity contribution in [2.45, 2.75) is 277 Å². The number of carbonyl (C=O) groups is 3. The SMILES string of the molecule is CC/C=C\C/C=C\CCCCCCCC(=O)OCC(COC(=O)CCCCCCCCCCCCCCCCC)OC(=O)CCCCCCCCCCCCCCC. The van der Waals surface area contributed by atoms with Crippen LogP contribution in [0.5, 0.6) is 0 Å². The fourth-order valence-corrected chi connectivity index (χ4v) is 7.42. The highest BCUT2D eigenvalue weighted by molar-refractivity contribution is 5.71. The van der Waals surface area contributed by atoms with Crippen LogP contribution in [0.3, 0.4) is 0 Å². The van der Waals surface area contributed by atoms with Crippen molar-refractivity contribution in [1.82, 2.24) is 0 Å². The van der Waals surface area contributed by atoms with Crippen molar-refractivity contribution in [2.75, 3.05) is 13.2 Å². The maximum atomic E-state index is 12.8. The van der Waals surface area contributed by atoms with Crippen LogP contribution in [0.4, 0.5) is 0 Å². The average molecular weight is 817 g/mol. The number of allylic oxidation sites excluding steroid dienone is 4. The second-order valence-electron chi connectivity index (χ2n) is 17.1. The summed E-state index contributed by atoms with van der Waals surface area (Å²) < 4.78 is 16.8. The molecule has 0 amide bonds. The Balaban J connectivity index is 4.33. The van der Waals surface area contributed by atoms with E-state index in [1.807, 2.05) is 0 Å². The van der Waals surface area contributed by atoms with Crippen LogP contribution in [0.1, 0.15) is 271 Å². The summed E-state index contributed by atoms with van der Waals surface area (Å²) in [7, 11) is 0. The van der Waals surface area contributed by atoms with Gasteiger partial charge in [0.05, 0.1) is 0 Å². The molecule has 0 aliphatic carbocycles. The summed E-state index contributed by atoms with van der Waals surface area (Å²) in [4.78, 5) is 37.9. The van der Waals surface area contributed by atoms with E-state index in [0.29, 0.717) is 19.3 Å². The van der Waals surface area contributed by atoms with Crippen molar-refractivity contribution in [3.63, 3.8) is 0 Å². The molecule has 0 saturated heterocycles. The first-order chi connectivity index (χ1) is 28.5. The van der Waals surface area contributed by atoms with Crippen LogP contribution in [0, 0.1) is 0 Å². The van der Waals surface area contributed by atoms with E-state index in [2.05, 4.69) is 45.1 Å². The summed E-state index contributed by atoms with van der Waals surface area (Å²) in [5, 5.41) is 0. The van der Waals surface area contributed by atoms with E-state index in [4.69, 9.17) is 14.2 Å². The molecule has 0 saturated carbocycles. The van der Waals surface area contributed by atoms with E-state index in [1.54, 1.807) is 0 Å². The molecule has 58 heavy (non-hydrogen) atoms. The molecule has 0 aromatic rings. The van der Waals surface area contributed by atoms with Gasteiger partial charge >= 0.3 is 17.9 Å². The maximum Gasteiger partial charge on any atom is 0.306 e. The van der Waals surface area contributed by atoms with Crippen molar-refractivity contribution in [3.05, 3.63) is 24.3 Å². The number of unbranched alkanes of at least 4 members (excludes halogenated alkanes) is 31. The van der Waals surface area contributed by atoms with Crippen LogP contribution in [-0.2, 0) is 28.6 Å². The minimum absolute atomic E-state index is 0.0709. The number of rotatable bonds is 46. The van der Waals surface area contributed by atoms with Crippen LogP contribution in [0.2, 0.25) is 0 Å². The lowest BCUT2D eigenvalue weighted by Crippen LogP contribution is -2.30. The Labute approximate surface area is 360 Å². The Morgan fingerprint density at radius 2 is 0.672 bits per heavy atom. The Morgan fingerprint density at radius 3 is 1.03 bits per heavy atom. The summed E-state index contributed by atoms with van der Waals surface area (Å²) in [6.45, 7) is 6.54. The number of esters is 3. The Bertz CT molecular complexity index is 942. The third-order valence-electron chi connectivity index (χ3n) is 11.2. The molecule has 0 spiro atoms. The monoisotopic (exact) mass is 817 g/mol. The van der Waals surface area contributed by atoms with E-state index in [1.165, 1.54) is 148 Å². The van der Waals surface area contributed by atoms with E-state index in [0.717, 1.165) is 83.5 Å². The van der Waals surface area contributed by atoms with Gasteiger partial charge in [0.1, 0.15) is 13.2 Å². The summed E-state index contributed by atoms with van der Waals surface area (Å²) >= 11 is 0. The molecular formula is C52H96O6. The van der Waals surface area contributed by atoms with Crippen molar-refractivity contribution in [1.29, 1.82) is 0 Å². The van der Waals surface area contributed by atoms with E-state index in [-0.39, 0.29) is 31.1 Å². The number of hydrogen-bond donors (Lipinski definition) is 0. The highest BCUT2D eigenvalue weighted by Crippen LogP contribution is 2.16. The van der Waals surface area contributed by atoms with Crippen molar-refractivity contribution >= 4 is 17.9 Å². The van der Waals surface area contributed by atoms with Gasteiger partial charge in [-0.3, -0.25) is 14.4 Å². The molecule has 0 aliphatic heterocycles. The minimum Gasteiger partial charge on any atom is -0.462 e. The van der Waals surface area contributed by atoms with E-state index >= 15 is 0 Å². The largest absolute Gasteiger partial charge is 0.462 e. The normalized spacial score (nSPS) is 12.1. The summed E-state index contributed by atoms with van der Waals surface area (Å²) in [5.74, 6) is -0.873. The van der Waals surface area contributed by atoms with Crippen molar-refractivity contribution in [3.8, 4) is 0 Å². The first kappa shape index (κ1) is 55.9. The lowest BCUT2D eigenvalue weighted by Gasteiger charge is -2.18. The molecule has 0 aliphatic rings. The van der Waals surface area contributed by atoms with E-state index < -0.39 is 6.10 Å². The molecule has 0 rings (SSSR count). The van der Waals surface area contributed by atoms with Gasteiger partial charge in [0.15, 0.2) is 6.10 Å². The lowest BCUT2D eigenvalue weighted by molar-refractivity contribution is -0.167. The number of hydrogen-bond acceptors (Lipinski definition) is 6. The van der Waals surface area contributed by atoms with Gasteiger partial charge in [-0.1, -0.05) is 231 Å². The topological polar surface area (TPSA) is 78.9 Å². The van der Waals surface area contributed by atoms with Crippen LogP contribution >= 0.6 is 0 Å². The lowest BCUT2D eigenvalue weighted by atomic mass is 10.0. The molecule has 0 N–H and O–H groups in total. The molecule has 0 aromatic carbocycles. The van der Waals surface area contributed by atoms with Gasteiger partial charge in [0.25, 0.3) is 0 Å². The van der Waals surface area contributed by atoms with Crippen LogP contribution in [-0.4, -0.2) is 37.2 Å². The van der Waals surface area contributed by atoms with Crippen LogP contribution in [0.25, 0.3) is 0 Å². The second kappa shape index (κ2) is 47.6. The van der Waals surface area contributed by atoms with E-state index in [9.17, 15) is 14.4 Å². The van der Waals surface area contributed by atoms with Gasteiger partial charge in [-0.15, -0.1) is 0 Å². The fourth-order valence-electron chi connectivity index (χ4n) is 7.42. The molecule has 1 unspecified atom stereocenters. The van der Waals surface area contributed by atoms with Crippen LogP contribution in [0.15, 0.2) is 24.3 Å². The van der Waals surface area contributed by atoms with Gasteiger partial charge in [0, 0.05) is 19.3 Å². The quantitative estimate of drug-likeness (QED) is 0.0263. The first-order valence-electron chi connectivity index (χ1n) is 25.3. The molecule has 0 aromatic heterocycles. The maximum absolute atomic E-state index is 12.8. The van der Waals surface area contributed by atoms with Gasteiger partial charge in [-0.05, 0) is 44.9 Å². The Morgan fingerprint density at radius 1 is 0.362 bits per heavy atom. The van der Waals surface area contributed by atoms with Gasteiger partial charge in [-0.25, -0.2) is 0 Å². The average Bonchev–Trinajstić information content (AvgIpc) is 3.22. The number of carbonyl (C=O) groups excluding carboxylic acids is 3. The smallest absolute Gasteiger partial charge is 0.306 e. The third kappa shape index (κ3) is 45.0. The number of ether oxygens (including phenoxy) is 3. The Hall–Kier alpha value is -2.11. The first-order valence-corrected chi connectivity index (χ1v) is 25.3. The molecule has 1 atom stereocenters. The minimum atomic E-state index is -0.769. The second-order valence-corrected chi connectivity index (χ2v) is 17.1. The molecule has 340 valence electrons. The zero-order valence-electron chi connectivity index (χ0n) is 38.8. The van der Waals surface area contributed by atoms with Crippen LogP contribution < -0.4 is 0 Å². The predicted molar refractivity (Wildman–Crippen MR) is 247 cm³/mol.